The maximum Gasteiger partial charge on any atom is 0.387 e. The number of nitrogens with zero attached hydrogens (tertiary/aromatic N) is 7. The number of halogens is 2. The quantitative estimate of drug-likeness (QED) is 0.292. The molecule has 3 aliphatic rings. The Balaban J connectivity index is 0.935. The zero-order chi connectivity index (χ0) is 33.1. The summed E-state index contributed by atoms with van der Waals surface area (Å²) in [5.41, 5.74) is 4.03. The Kier molecular flexibility index (Phi) is 10.3. The number of alkyl halides is 2. The summed E-state index contributed by atoms with van der Waals surface area (Å²) in [7, 11) is 0.864. The van der Waals surface area contributed by atoms with Crippen LogP contribution in [0.2, 0.25) is 0 Å². The van der Waals surface area contributed by atoms with Gasteiger partial charge < -0.3 is 15.0 Å². The smallest absolute Gasteiger partial charge is 0.387 e. The van der Waals surface area contributed by atoms with Gasteiger partial charge in [0.2, 0.25) is 17.8 Å². The summed E-state index contributed by atoms with van der Waals surface area (Å²) in [6.45, 7) is 5.11. The third-order valence-electron chi connectivity index (χ3n) is 9.26. The van der Waals surface area contributed by atoms with Gasteiger partial charge in [0, 0.05) is 75.6 Å². The van der Waals surface area contributed by atoms with Gasteiger partial charge in [0.25, 0.3) is 0 Å². The zero-order valence-electron chi connectivity index (χ0n) is 26.7. The Hall–Kier alpha value is -3.76. The van der Waals surface area contributed by atoms with Crippen LogP contribution in [0.3, 0.4) is 0 Å². The van der Waals surface area contributed by atoms with Gasteiger partial charge in [0.15, 0.2) is 5.75 Å². The van der Waals surface area contributed by atoms with Crippen molar-refractivity contribution in [2.45, 2.75) is 57.6 Å². The van der Waals surface area contributed by atoms with E-state index in [-0.39, 0.29) is 23.6 Å². The lowest BCUT2D eigenvalue weighted by molar-refractivity contribution is -0.134. The Morgan fingerprint density at radius 3 is 2.47 bits per heavy atom. The zero-order valence-corrected chi connectivity index (χ0v) is 27.5. The Morgan fingerprint density at radius 1 is 1.06 bits per heavy atom. The van der Waals surface area contributed by atoms with Crippen LogP contribution in [0.4, 0.5) is 20.4 Å². The second-order valence-corrected chi connectivity index (χ2v) is 13.9. The first-order chi connectivity index (χ1) is 22.7. The molecule has 2 amide bonds. The second kappa shape index (κ2) is 14.6. The van der Waals surface area contributed by atoms with Gasteiger partial charge in [-0.2, -0.15) is 13.9 Å². The molecule has 0 bridgehead atoms. The van der Waals surface area contributed by atoms with E-state index in [1.54, 1.807) is 0 Å². The molecule has 2 N–H and O–H groups in total. The first-order valence-electron chi connectivity index (χ1n) is 16.1. The number of carbonyl (C=O) groups is 2. The standard InChI is InChI=1S/C31H41F2N9O4S/c1-20-25(6-4-23-27(38-39(2)28(20)23)24-5-7-26(43)37-29(24)44)41-15-13-40(14-16-41)10-3-17-47(45)42-11-8-21(9-12-42)36-31-34-18-22(19-35-31)46-30(32)33/h4,6,18-19,21,24,30H,3,5,7-17H2,1-2H3,(H,34,35,36)(H,37,43,44). The number of rotatable bonds is 11. The van der Waals surface area contributed by atoms with Crippen LogP contribution in [0.5, 0.6) is 5.75 Å². The SMILES string of the molecule is Cc1c(N2CCN(CCCS(=O)N3CCC(Nc4ncc(OC(F)F)cn4)CC3)CC2)ccc2c(C3CCC(=O)NC3=O)nn(C)c12. The third kappa shape index (κ3) is 7.70. The van der Waals surface area contributed by atoms with Gasteiger partial charge in [-0.15, -0.1) is 0 Å². The summed E-state index contributed by atoms with van der Waals surface area (Å²) in [6.07, 6.45) is 5.66. The van der Waals surface area contributed by atoms with E-state index in [4.69, 9.17) is 5.10 Å². The van der Waals surface area contributed by atoms with Crippen molar-refractivity contribution < 1.29 is 27.3 Å². The molecule has 16 heteroatoms. The number of amides is 2. The van der Waals surface area contributed by atoms with Crippen molar-refractivity contribution in [3.8, 4) is 5.75 Å². The number of fused-ring (bicyclic) bond motifs is 1. The van der Waals surface area contributed by atoms with Crippen molar-refractivity contribution >= 4 is 45.3 Å². The lowest BCUT2D eigenvalue weighted by Gasteiger charge is -2.37. The first-order valence-corrected chi connectivity index (χ1v) is 17.4. The number of aryl methyl sites for hydroxylation is 2. The van der Waals surface area contributed by atoms with Crippen LogP contribution in [0.1, 0.15) is 49.3 Å². The molecule has 2 atom stereocenters. The molecule has 0 radical (unpaired) electrons. The van der Waals surface area contributed by atoms with Gasteiger partial charge in [0.05, 0.1) is 40.5 Å². The number of nitrogens with one attached hydrogen (secondary N) is 2. The highest BCUT2D eigenvalue weighted by atomic mass is 32.2. The van der Waals surface area contributed by atoms with E-state index in [2.05, 4.69) is 54.2 Å². The number of ether oxygens (including phenoxy) is 1. The predicted octanol–water partition coefficient (Wildman–Crippen LogP) is 2.55. The molecule has 3 aromatic rings. The lowest BCUT2D eigenvalue weighted by Crippen LogP contribution is -2.47. The van der Waals surface area contributed by atoms with Crippen LogP contribution in [0, 0.1) is 6.92 Å². The average Bonchev–Trinajstić information content (AvgIpc) is 3.39. The van der Waals surface area contributed by atoms with Crippen LogP contribution in [0.15, 0.2) is 24.5 Å². The van der Waals surface area contributed by atoms with Crippen molar-refractivity contribution in [3.63, 3.8) is 0 Å². The molecule has 0 saturated carbocycles. The van der Waals surface area contributed by atoms with E-state index in [0.717, 1.165) is 74.1 Å². The molecule has 13 nitrogen and oxygen atoms in total. The molecule has 3 fully saturated rings. The van der Waals surface area contributed by atoms with Crippen LogP contribution in [-0.4, -0.2) is 109 Å². The van der Waals surface area contributed by atoms with E-state index >= 15 is 0 Å². The maximum absolute atomic E-state index is 13.0. The molecule has 3 saturated heterocycles. The predicted molar refractivity (Wildman–Crippen MR) is 174 cm³/mol. The van der Waals surface area contributed by atoms with Gasteiger partial charge >= 0.3 is 6.61 Å². The van der Waals surface area contributed by atoms with E-state index in [9.17, 15) is 22.6 Å². The molecule has 47 heavy (non-hydrogen) atoms. The fraction of sp³-hybridized carbons (Fsp3) is 0.581. The largest absolute Gasteiger partial charge is 0.432 e. The summed E-state index contributed by atoms with van der Waals surface area (Å²) >= 11 is 0. The number of piperazine rings is 1. The Bertz CT molecular complexity index is 1610. The molecule has 2 aromatic heterocycles. The van der Waals surface area contributed by atoms with Gasteiger partial charge in [0.1, 0.15) is 0 Å². The minimum absolute atomic E-state index is 0.0844. The number of carbonyl (C=O) groups excluding carboxylic acids is 2. The minimum Gasteiger partial charge on any atom is -0.432 e. The number of imide groups is 1. The fourth-order valence-corrected chi connectivity index (χ4v) is 8.08. The molecule has 0 spiro atoms. The van der Waals surface area contributed by atoms with E-state index in [1.165, 1.54) is 18.1 Å². The molecule has 3 aliphatic heterocycles. The summed E-state index contributed by atoms with van der Waals surface area (Å²) < 4.78 is 45.8. The fourth-order valence-electron chi connectivity index (χ4n) is 6.83. The molecular weight excluding hydrogens is 632 g/mol. The van der Waals surface area contributed by atoms with E-state index in [0.29, 0.717) is 37.6 Å². The molecule has 2 unspecified atom stereocenters. The number of piperidine rings is 2. The maximum atomic E-state index is 13.0. The van der Waals surface area contributed by atoms with Gasteiger partial charge in [-0.3, -0.25) is 24.5 Å². The monoisotopic (exact) mass is 673 g/mol. The number of anilines is 2. The molecule has 1 aromatic carbocycles. The van der Waals surface area contributed by atoms with Crippen LogP contribution < -0.4 is 20.3 Å². The topological polar surface area (TPSA) is 138 Å². The third-order valence-corrected chi connectivity index (χ3v) is 10.8. The highest BCUT2D eigenvalue weighted by Gasteiger charge is 2.32. The normalized spacial score (nSPS) is 21.0. The summed E-state index contributed by atoms with van der Waals surface area (Å²) in [6, 6.07) is 4.31. The highest BCUT2D eigenvalue weighted by molar-refractivity contribution is 7.82. The van der Waals surface area contributed by atoms with Crippen molar-refractivity contribution in [1.29, 1.82) is 0 Å². The number of hydrogen-bond donors (Lipinski definition) is 2. The van der Waals surface area contributed by atoms with Gasteiger partial charge in [-0.05, 0) is 56.8 Å². The summed E-state index contributed by atoms with van der Waals surface area (Å²) in [4.78, 5) is 37.1. The summed E-state index contributed by atoms with van der Waals surface area (Å²) in [5.74, 6) is -0.0273. The van der Waals surface area contributed by atoms with Crippen molar-refractivity contribution in [3.05, 3.63) is 35.8 Å². The van der Waals surface area contributed by atoms with Crippen molar-refractivity contribution in [2.24, 2.45) is 7.05 Å². The number of benzene rings is 1. The van der Waals surface area contributed by atoms with Gasteiger partial charge in [-0.1, -0.05) is 0 Å². The molecule has 6 rings (SSSR count). The molecular formula is C31H41F2N9O4S. The van der Waals surface area contributed by atoms with E-state index in [1.807, 2.05) is 16.0 Å². The Morgan fingerprint density at radius 2 is 1.79 bits per heavy atom. The van der Waals surface area contributed by atoms with Crippen molar-refractivity contribution in [2.75, 3.05) is 61.8 Å². The molecule has 5 heterocycles. The second-order valence-electron chi connectivity index (χ2n) is 12.3. The average molecular weight is 674 g/mol. The van der Waals surface area contributed by atoms with Gasteiger partial charge in [-0.25, -0.2) is 18.5 Å². The van der Waals surface area contributed by atoms with E-state index < -0.39 is 23.5 Å². The lowest BCUT2D eigenvalue weighted by atomic mass is 9.92. The molecule has 254 valence electrons. The number of hydrogen-bond acceptors (Lipinski definition) is 10. The van der Waals surface area contributed by atoms with Crippen LogP contribution in [-0.2, 0) is 27.6 Å². The summed E-state index contributed by atoms with van der Waals surface area (Å²) in [5, 5.41) is 11.4. The first kappa shape index (κ1) is 33.2. The molecule has 0 aliphatic carbocycles. The highest BCUT2D eigenvalue weighted by Crippen LogP contribution is 2.35. The minimum atomic E-state index is -2.91. The Labute approximate surface area is 274 Å². The van der Waals surface area contributed by atoms with Crippen LogP contribution in [0.25, 0.3) is 10.9 Å². The number of aromatic nitrogens is 4. The van der Waals surface area contributed by atoms with Crippen molar-refractivity contribution in [1.82, 2.24) is 34.3 Å². The van der Waals surface area contributed by atoms with Crippen LogP contribution >= 0.6 is 0 Å².